The van der Waals surface area contributed by atoms with Crippen molar-refractivity contribution >= 4 is 11.6 Å². The van der Waals surface area contributed by atoms with Crippen molar-refractivity contribution in [3.8, 4) is 0 Å². The largest absolute Gasteiger partial charge is 0.354 e. The van der Waals surface area contributed by atoms with Crippen molar-refractivity contribution < 1.29 is 4.79 Å². The van der Waals surface area contributed by atoms with Crippen molar-refractivity contribution in [2.75, 3.05) is 18.4 Å². The predicted octanol–water partition coefficient (Wildman–Crippen LogP) is 3.11. The number of benzene rings is 1. The standard InChI is InChI=1S/C18H23N3O/c22-18(8-13-20-9-1-2-10-20)19-17-7-5-6-16(14-17)15-21-11-3-4-12-21/h1-2,5-7,9-10,14H,3-4,8,11-13,15H2,(H,19,22). The molecule has 1 aromatic carbocycles. The molecule has 1 aromatic heterocycles. The van der Waals surface area contributed by atoms with Crippen LogP contribution in [0.15, 0.2) is 48.8 Å². The molecule has 0 aliphatic carbocycles. The molecule has 1 aliphatic rings. The monoisotopic (exact) mass is 297 g/mol. The van der Waals surface area contributed by atoms with Crippen LogP contribution in [0.2, 0.25) is 0 Å². The van der Waals surface area contributed by atoms with Crippen molar-refractivity contribution in [2.45, 2.75) is 32.4 Å². The number of likely N-dealkylation sites (tertiary alicyclic amines) is 1. The number of carbonyl (C=O) groups is 1. The van der Waals surface area contributed by atoms with E-state index in [4.69, 9.17) is 0 Å². The highest BCUT2D eigenvalue weighted by Crippen LogP contribution is 2.16. The molecule has 0 saturated carbocycles. The van der Waals surface area contributed by atoms with E-state index >= 15 is 0 Å². The van der Waals surface area contributed by atoms with E-state index in [0.717, 1.165) is 12.2 Å². The van der Waals surface area contributed by atoms with Gasteiger partial charge in [-0.05, 0) is 55.8 Å². The molecule has 3 rings (SSSR count). The lowest BCUT2D eigenvalue weighted by atomic mass is 10.2. The molecular formula is C18H23N3O. The van der Waals surface area contributed by atoms with Gasteiger partial charge in [0.1, 0.15) is 0 Å². The first-order valence-electron chi connectivity index (χ1n) is 8.01. The number of amides is 1. The normalized spacial score (nSPS) is 15.1. The first-order valence-corrected chi connectivity index (χ1v) is 8.01. The summed E-state index contributed by atoms with van der Waals surface area (Å²) in [5.41, 5.74) is 2.17. The van der Waals surface area contributed by atoms with Crippen LogP contribution < -0.4 is 5.32 Å². The molecule has 0 spiro atoms. The molecule has 1 N–H and O–H groups in total. The summed E-state index contributed by atoms with van der Waals surface area (Å²) in [6, 6.07) is 12.1. The molecule has 2 aromatic rings. The van der Waals surface area contributed by atoms with Gasteiger partial charge in [-0.1, -0.05) is 12.1 Å². The fraction of sp³-hybridized carbons (Fsp3) is 0.389. The van der Waals surface area contributed by atoms with Crippen molar-refractivity contribution in [1.29, 1.82) is 0 Å². The molecule has 0 unspecified atom stereocenters. The Hall–Kier alpha value is -2.07. The van der Waals surface area contributed by atoms with Gasteiger partial charge in [-0.25, -0.2) is 0 Å². The maximum Gasteiger partial charge on any atom is 0.226 e. The van der Waals surface area contributed by atoms with Crippen LogP contribution in [-0.4, -0.2) is 28.5 Å². The summed E-state index contributed by atoms with van der Waals surface area (Å²) in [5.74, 6) is 0.0621. The lowest BCUT2D eigenvalue weighted by molar-refractivity contribution is -0.116. The second kappa shape index (κ2) is 7.27. The van der Waals surface area contributed by atoms with Crippen LogP contribution in [-0.2, 0) is 17.9 Å². The fourth-order valence-corrected chi connectivity index (χ4v) is 2.92. The Bertz CT molecular complexity index is 601. The first-order chi connectivity index (χ1) is 10.8. The van der Waals surface area contributed by atoms with E-state index in [1.54, 1.807) is 0 Å². The maximum atomic E-state index is 12.0. The molecule has 1 aliphatic heterocycles. The summed E-state index contributed by atoms with van der Waals surface area (Å²) in [4.78, 5) is 14.5. The Morgan fingerprint density at radius 3 is 2.64 bits per heavy atom. The van der Waals surface area contributed by atoms with Crippen molar-refractivity contribution in [1.82, 2.24) is 9.47 Å². The number of hydrogen-bond donors (Lipinski definition) is 1. The Balaban J connectivity index is 1.51. The van der Waals surface area contributed by atoms with Gasteiger partial charge in [-0.3, -0.25) is 9.69 Å². The van der Waals surface area contributed by atoms with Gasteiger partial charge in [0.25, 0.3) is 0 Å². The number of rotatable bonds is 6. The summed E-state index contributed by atoms with van der Waals surface area (Å²) in [6.45, 7) is 4.07. The molecular weight excluding hydrogens is 274 g/mol. The molecule has 0 bridgehead atoms. The summed E-state index contributed by atoms with van der Waals surface area (Å²) in [5, 5.41) is 3.00. The van der Waals surface area contributed by atoms with E-state index in [-0.39, 0.29) is 5.91 Å². The second-order valence-corrected chi connectivity index (χ2v) is 5.90. The smallest absolute Gasteiger partial charge is 0.226 e. The highest BCUT2D eigenvalue weighted by Gasteiger charge is 2.12. The van der Waals surface area contributed by atoms with E-state index in [1.807, 2.05) is 41.2 Å². The highest BCUT2D eigenvalue weighted by molar-refractivity contribution is 5.90. The highest BCUT2D eigenvalue weighted by atomic mass is 16.1. The number of carbonyl (C=O) groups excluding carboxylic acids is 1. The van der Waals surface area contributed by atoms with Crippen molar-refractivity contribution in [3.05, 3.63) is 54.4 Å². The molecule has 22 heavy (non-hydrogen) atoms. The Labute approximate surface area is 131 Å². The van der Waals surface area contributed by atoms with E-state index in [0.29, 0.717) is 13.0 Å². The predicted molar refractivity (Wildman–Crippen MR) is 88.6 cm³/mol. The minimum atomic E-state index is 0.0621. The topological polar surface area (TPSA) is 37.3 Å². The third-order valence-electron chi connectivity index (χ3n) is 4.08. The van der Waals surface area contributed by atoms with Gasteiger partial charge in [0.15, 0.2) is 0 Å². The molecule has 4 heteroatoms. The minimum Gasteiger partial charge on any atom is -0.354 e. The van der Waals surface area contributed by atoms with E-state index < -0.39 is 0 Å². The van der Waals surface area contributed by atoms with E-state index in [1.165, 1.54) is 31.5 Å². The van der Waals surface area contributed by atoms with Gasteiger partial charge in [-0.15, -0.1) is 0 Å². The lowest BCUT2D eigenvalue weighted by Gasteiger charge is -2.15. The molecule has 2 heterocycles. The van der Waals surface area contributed by atoms with Crippen LogP contribution in [0.4, 0.5) is 5.69 Å². The molecule has 0 atom stereocenters. The third kappa shape index (κ3) is 4.21. The fourth-order valence-electron chi connectivity index (χ4n) is 2.92. The maximum absolute atomic E-state index is 12.0. The average Bonchev–Trinajstić information content (AvgIpc) is 3.19. The zero-order valence-electron chi connectivity index (χ0n) is 12.9. The van der Waals surface area contributed by atoms with Gasteiger partial charge >= 0.3 is 0 Å². The van der Waals surface area contributed by atoms with E-state index in [2.05, 4.69) is 22.3 Å². The number of nitrogens with zero attached hydrogens (tertiary/aromatic N) is 2. The first kappa shape index (κ1) is 14.9. The lowest BCUT2D eigenvalue weighted by Crippen LogP contribution is -2.18. The van der Waals surface area contributed by atoms with Crippen LogP contribution in [0.25, 0.3) is 0 Å². The number of aryl methyl sites for hydroxylation is 1. The summed E-state index contributed by atoms with van der Waals surface area (Å²) < 4.78 is 2.02. The number of aromatic nitrogens is 1. The van der Waals surface area contributed by atoms with Crippen LogP contribution in [0.3, 0.4) is 0 Å². The Morgan fingerprint density at radius 1 is 1.09 bits per heavy atom. The average molecular weight is 297 g/mol. The summed E-state index contributed by atoms with van der Waals surface area (Å²) in [6.07, 6.45) is 7.05. The SMILES string of the molecule is O=C(CCn1cccc1)Nc1cccc(CN2CCCC2)c1. The molecule has 4 nitrogen and oxygen atoms in total. The van der Waals surface area contributed by atoms with Crippen molar-refractivity contribution in [2.24, 2.45) is 0 Å². The third-order valence-corrected chi connectivity index (χ3v) is 4.08. The number of hydrogen-bond acceptors (Lipinski definition) is 2. The summed E-state index contributed by atoms with van der Waals surface area (Å²) in [7, 11) is 0. The zero-order valence-corrected chi connectivity index (χ0v) is 12.9. The number of nitrogens with one attached hydrogen (secondary N) is 1. The van der Waals surface area contributed by atoms with Crippen molar-refractivity contribution in [3.63, 3.8) is 0 Å². The van der Waals surface area contributed by atoms with Gasteiger partial charge in [-0.2, -0.15) is 0 Å². The van der Waals surface area contributed by atoms with Crippen LogP contribution in [0.5, 0.6) is 0 Å². The molecule has 0 radical (unpaired) electrons. The van der Waals surface area contributed by atoms with Gasteiger partial charge in [0, 0.05) is 37.6 Å². The Kier molecular flexibility index (Phi) is 4.91. The minimum absolute atomic E-state index is 0.0621. The second-order valence-electron chi connectivity index (χ2n) is 5.90. The van der Waals surface area contributed by atoms with Gasteiger partial charge in [0.05, 0.1) is 0 Å². The molecule has 1 amide bonds. The number of anilines is 1. The van der Waals surface area contributed by atoms with Gasteiger partial charge < -0.3 is 9.88 Å². The Morgan fingerprint density at radius 2 is 1.86 bits per heavy atom. The molecule has 116 valence electrons. The quantitative estimate of drug-likeness (QED) is 0.889. The van der Waals surface area contributed by atoms with Gasteiger partial charge in [0.2, 0.25) is 5.91 Å². The van der Waals surface area contributed by atoms with Crippen LogP contribution in [0, 0.1) is 0 Å². The van der Waals surface area contributed by atoms with Crippen LogP contribution in [0.1, 0.15) is 24.8 Å². The van der Waals surface area contributed by atoms with Crippen LogP contribution >= 0.6 is 0 Å². The summed E-state index contributed by atoms with van der Waals surface area (Å²) >= 11 is 0. The zero-order chi connectivity index (χ0) is 15.2. The van der Waals surface area contributed by atoms with E-state index in [9.17, 15) is 4.79 Å². The molecule has 1 fully saturated rings. The molecule has 1 saturated heterocycles.